The lowest BCUT2D eigenvalue weighted by atomic mass is 10.1. The van der Waals surface area contributed by atoms with Gasteiger partial charge in [0.25, 0.3) is 5.91 Å². The first kappa shape index (κ1) is 16.1. The van der Waals surface area contributed by atoms with E-state index in [-0.39, 0.29) is 11.5 Å². The van der Waals surface area contributed by atoms with E-state index in [1.807, 2.05) is 0 Å². The van der Waals surface area contributed by atoms with E-state index in [2.05, 4.69) is 10.6 Å². The Balaban J connectivity index is 2.18. The maximum atomic E-state index is 13.6. The number of halogens is 1. The van der Waals surface area contributed by atoms with Gasteiger partial charge in [0.1, 0.15) is 5.82 Å². The summed E-state index contributed by atoms with van der Waals surface area (Å²) in [5.41, 5.74) is 0.883. The molecule has 0 heterocycles. The van der Waals surface area contributed by atoms with Gasteiger partial charge in [-0.2, -0.15) is 0 Å². The second-order valence-electron chi connectivity index (χ2n) is 4.73. The largest absolute Gasteiger partial charge is 0.359 e. The highest BCUT2D eigenvalue weighted by Gasteiger charge is 2.10. The predicted octanol–water partition coefficient (Wildman–Crippen LogP) is 2.17. The van der Waals surface area contributed by atoms with Crippen LogP contribution >= 0.6 is 0 Å². The van der Waals surface area contributed by atoms with Crippen molar-refractivity contribution in [1.82, 2.24) is 10.6 Å². The third-order valence-electron chi connectivity index (χ3n) is 2.99. The van der Waals surface area contributed by atoms with Crippen LogP contribution in [0.2, 0.25) is 0 Å². The molecule has 5 heteroatoms. The van der Waals surface area contributed by atoms with Crippen LogP contribution in [-0.4, -0.2) is 25.4 Å². The molecule has 0 saturated heterocycles. The lowest BCUT2D eigenvalue weighted by Crippen LogP contribution is -2.25. The van der Waals surface area contributed by atoms with Gasteiger partial charge in [-0.1, -0.05) is 18.9 Å². The normalized spacial score (nSPS) is 10.1. The lowest BCUT2D eigenvalue weighted by molar-refractivity contribution is -0.109. The summed E-state index contributed by atoms with van der Waals surface area (Å²) < 4.78 is 13.6. The minimum Gasteiger partial charge on any atom is -0.359 e. The quantitative estimate of drug-likeness (QED) is 0.538. The van der Waals surface area contributed by atoms with Crippen molar-refractivity contribution < 1.29 is 14.0 Å². The van der Waals surface area contributed by atoms with Crippen LogP contribution in [0, 0.1) is 12.7 Å². The molecule has 0 aliphatic heterocycles. The number of unbranched alkanes of at least 4 members (excludes halogenated alkanes) is 3. The summed E-state index contributed by atoms with van der Waals surface area (Å²) in [4.78, 5) is 21.8. The third kappa shape index (κ3) is 5.82. The zero-order valence-corrected chi connectivity index (χ0v) is 11.7. The fourth-order valence-corrected chi connectivity index (χ4v) is 1.87. The fourth-order valence-electron chi connectivity index (χ4n) is 1.87. The minimum atomic E-state index is -0.484. The summed E-state index contributed by atoms with van der Waals surface area (Å²) in [7, 11) is 0. The zero-order chi connectivity index (χ0) is 14.8. The molecule has 20 heavy (non-hydrogen) atoms. The SMILES string of the molecule is Cc1ccc(C(=O)NCCCCCCNC=O)c(F)c1. The first-order valence-corrected chi connectivity index (χ1v) is 6.86. The summed E-state index contributed by atoms with van der Waals surface area (Å²) in [6.45, 7) is 3.00. The van der Waals surface area contributed by atoms with Crippen molar-refractivity contribution in [3.63, 3.8) is 0 Å². The monoisotopic (exact) mass is 280 g/mol. The molecular formula is C15H21FN2O2. The van der Waals surface area contributed by atoms with E-state index >= 15 is 0 Å². The van der Waals surface area contributed by atoms with Crippen LogP contribution in [0.25, 0.3) is 0 Å². The molecule has 1 rings (SSSR count). The van der Waals surface area contributed by atoms with Crippen molar-refractivity contribution in [3.8, 4) is 0 Å². The Labute approximate surface area is 118 Å². The van der Waals surface area contributed by atoms with Crippen LogP contribution in [0.4, 0.5) is 4.39 Å². The highest BCUT2D eigenvalue weighted by Crippen LogP contribution is 2.09. The molecule has 0 radical (unpaired) electrons. The molecule has 1 aromatic carbocycles. The van der Waals surface area contributed by atoms with Crippen molar-refractivity contribution in [2.75, 3.05) is 13.1 Å². The third-order valence-corrected chi connectivity index (χ3v) is 2.99. The molecule has 0 bridgehead atoms. The van der Waals surface area contributed by atoms with Crippen LogP contribution in [0.5, 0.6) is 0 Å². The van der Waals surface area contributed by atoms with E-state index in [4.69, 9.17) is 0 Å². The Morgan fingerprint density at radius 3 is 2.55 bits per heavy atom. The summed E-state index contributed by atoms with van der Waals surface area (Å²) >= 11 is 0. The first-order valence-electron chi connectivity index (χ1n) is 6.86. The van der Waals surface area contributed by atoms with E-state index in [0.717, 1.165) is 31.2 Å². The molecule has 0 saturated carbocycles. The van der Waals surface area contributed by atoms with Crippen molar-refractivity contribution in [1.29, 1.82) is 0 Å². The maximum Gasteiger partial charge on any atom is 0.254 e. The Bertz CT molecular complexity index is 449. The average molecular weight is 280 g/mol. The number of nitrogens with one attached hydrogen (secondary N) is 2. The van der Waals surface area contributed by atoms with Crippen molar-refractivity contribution in [2.45, 2.75) is 32.6 Å². The molecular weight excluding hydrogens is 259 g/mol. The molecule has 0 atom stereocenters. The molecule has 0 fully saturated rings. The van der Waals surface area contributed by atoms with Crippen LogP contribution < -0.4 is 10.6 Å². The van der Waals surface area contributed by atoms with Gasteiger partial charge in [0.15, 0.2) is 0 Å². The smallest absolute Gasteiger partial charge is 0.254 e. The highest BCUT2D eigenvalue weighted by atomic mass is 19.1. The van der Waals surface area contributed by atoms with Gasteiger partial charge in [-0.3, -0.25) is 9.59 Å². The molecule has 2 amide bonds. The number of hydrogen-bond acceptors (Lipinski definition) is 2. The predicted molar refractivity (Wildman–Crippen MR) is 76.0 cm³/mol. The van der Waals surface area contributed by atoms with Crippen molar-refractivity contribution >= 4 is 12.3 Å². The number of carbonyl (C=O) groups is 2. The average Bonchev–Trinajstić information content (AvgIpc) is 2.41. The van der Waals surface area contributed by atoms with Crippen molar-refractivity contribution in [2.24, 2.45) is 0 Å². The van der Waals surface area contributed by atoms with Crippen LogP contribution in [-0.2, 0) is 4.79 Å². The Morgan fingerprint density at radius 1 is 1.20 bits per heavy atom. The standard InChI is InChI=1S/C15H21FN2O2/c1-12-6-7-13(14(16)10-12)15(20)18-9-5-3-2-4-8-17-11-19/h6-7,10-11H,2-5,8-9H2,1H3,(H,17,19)(H,18,20). The number of amides is 2. The van der Waals surface area contributed by atoms with E-state index in [9.17, 15) is 14.0 Å². The Kier molecular flexibility index (Phi) is 7.32. The molecule has 1 aromatic rings. The lowest BCUT2D eigenvalue weighted by Gasteiger charge is -2.06. The number of rotatable bonds is 9. The molecule has 0 aliphatic rings. The summed E-state index contributed by atoms with van der Waals surface area (Å²) in [6, 6.07) is 4.58. The van der Waals surface area contributed by atoms with Crippen molar-refractivity contribution in [3.05, 3.63) is 35.1 Å². The number of carbonyl (C=O) groups excluding carboxylic acids is 2. The first-order chi connectivity index (χ1) is 9.65. The minimum absolute atomic E-state index is 0.0887. The maximum absolute atomic E-state index is 13.6. The number of benzene rings is 1. The molecule has 4 nitrogen and oxygen atoms in total. The fraction of sp³-hybridized carbons (Fsp3) is 0.467. The summed E-state index contributed by atoms with van der Waals surface area (Å²) in [5.74, 6) is -0.854. The topological polar surface area (TPSA) is 58.2 Å². The highest BCUT2D eigenvalue weighted by molar-refractivity contribution is 5.94. The van der Waals surface area contributed by atoms with Gasteiger partial charge >= 0.3 is 0 Å². The van der Waals surface area contributed by atoms with E-state index in [1.165, 1.54) is 12.1 Å². The number of hydrogen-bond donors (Lipinski definition) is 2. The van der Waals surface area contributed by atoms with Crippen LogP contribution in [0.3, 0.4) is 0 Å². The number of aryl methyl sites for hydroxylation is 1. The second kappa shape index (κ2) is 9.07. The van der Waals surface area contributed by atoms with Gasteiger partial charge < -0.3 is 10.6 Å². The van der Waals surface area contributed by atoms with Gasteiger partial charge in [-0.25, -0.2) is 4.39 Å². The second-order valence-corrected chi connectivity index (χ2v) is 4.73. The summed E-state index contributed by atoms with van der Waals surface area (Å²) in [6.07, 6.45) is 4.43. The van der Waals surface area contributed by atoms with Gasteiger partial charge in [-0.15, -0.1) is 0 Å². The van der Waals surface area contributed by atoms with Crippen LogP contribution in [0.15, 0.2) is 18.2 Å². The van der Waals surface area contributed by atoms with E-state index in [1.54, 1.807) is 13.0 Å². The van der Waals surface area contributed by atoms with Gasteiger partial charge in [0.05, 0.1) is 5.56 Å². The van der Waals surface area contributed by atoms with E-state index in [0.29, 0.717) is 19.5 Å². The Morgan fingerprint density at radius 2 is 1.90 bits per heavy atom. The summed E-state index contributed by atoms with van der Waals surface area (Å²) in [5, 5.41) is 5.31. The molecule has 2 N–H and O–H groups in total. The molecule has 0 spiro atoms. The Hall–Kier alpha value is -1.91. The van der Waals surface area contributed by atoms with Gasteiger partial charge in [0, 0.05) is 13.1 Å². The molecule has 0 aromatic heterocycles. The molecule has 0 aliphatic carbocycles. The molecule has 0 unspecified atom stereocenters. The molecule has 110 valence electrons. The zero-order valence-electron chi connectivity index (χ0n) is 11.7. The van der Waals surface area contributed by atoms with Crippen LogP contribution in [0.1, 0.15) is 41.6 Å². The van der Waals surface area contributed by atoms with Gasteiger partial charge in [0.2, 0.25) is 6.41 Å². The van der Waals surface area contributed by atoms with Gasteiger partial charge in [-0.05, 0) is 37.5 Å². The van der Waals surface area contributed by atoms with E-state index < -0.39 is 5.82 Å².